The lowest BCUT2D eigenvalue weighted by Crippen LogP contribution is -3.11. The Morgan fingerprint density at radius 3 is 2.00 bits per heavy atom. The van der Waals surface area contributed by atoms with Gasteiger partial charge in [-0.15, -0.1) is 0 Å². The monoisotopic (exact) mass is 418 g/mol. The SMILES string of the molecule is Cc1cc(C)c(NC(=O)C[NH+](C)CC(=O)Nc2ccccc2S(C)(=O)=O)c(C)c1. The fraction of sp³-hybridized carbons (Fsp3) is 0.333. The van der Waals surface area contributed by atoms with Crippen molar-refractivity contribution in [2.24, 2.45) is 0 Å². The Morgan fingerprint density at radius 1 is 0.931 bits per heavy atom. The smallest absolute Gasteiger partial charge is 0.279 e. The first-order valence-electron chi connectivity index (χ1n) is 9.25. The molecule has 0 fully saturated rings. The molecular weight excluding hydrogens is 390 g/mol. The molecule has 0 saturated heterocycles. The van der Waals surface area contributed by atoms with Gasteiger partial charge in [0.25, 0.3) is 11.8 Å². The summed E-state index contributed by atoms with van der Waals surface area (Å²) in [6.45, 7) is 6.02. The van der Waals surface area contributed by atoms with Crippen LogP contribution in [0.2, 0.25) is 0 Å². The van der Waals surface area contributed by atoms with E-state index < -0.39 is 9.84 Å². The summed E-state index contributed by atoms with van der Waals surface area (Å²) in [7, 11) is -1.73. The molecule has 2 aromatic rings. The zero-order valence-corrected chi connectivity index (χ0v) is 18.2. The molecular formula is C21H28N3O4S+. The first-order valence-corrected chi connectivity index (χ1v) is 11.1. The van der Waals surface area contributed by atoms with Crippen LogP contribution in [0.15, 0.2) is 41.3 Å². The van der Waals surface area contributed by atoms with Gasteiger partial charge in [0.2, 0.25) is 0 Å². The number of benzene rings is 2. The molecule has 1 unspecified atom stereocenters. The van der Waals surface area contributed by atoms with Gasteiger partial charge in [0.05, 0.1) is 17.6 Å². The standard InChI is InChI=1S/C21H27N3O4S/c1-14-10-15(2)21(16(3)11-14)23-20(26)13-24(4)12-19(25)22-17-8-6-7-9-18(17)29(5,27)28/h6-11H,12-13H2,1-5H3,(H,22,25)(H,23,26)/p+1. The number of hydrogen-bond donors (Lipinski definition) is 3. The first kappa shape index (κ1) is 22.6. The summed E-state index contributed by atoms with van der Waals surface area (Å²) in [4.78, 5) is 25.5. The van der Waals surface area contributed by atoms with Crippen LogP contribution < -0.4 is 15.5 Å². The lowest BCUT2D eigenvalue weighted by Gasteiger charge is -2.16. The van der Waals surface area contributed by atoms with Crippen molar-refractivity contribution in [3.05, 3.63) is 53.1 Å². The van der Waals surface area contributed by atoms with Crippen LogP contribution in [-0.4, -0.2) is 46.6 Å². The third-order valence-corrected chi connectivity index (χ3v) is 5.58. The van der Waals surface area contributed by atoms with E-state index in [4.69, 9.17) is 0 Å². The van der Waals surface area contributed by atoms with Crippen LogP contribution in [0.3, 0.4) is 0 Å². The minimum Gasteiger partial charge on any atom is -0.322 e. The van der Waals surface area contributed by atoms with E-state index in [1.54, 1.807) is 25.2 Å². The highest BCUT2D eigenvalue weighted by molar-refractivity contribution is 7.90. The van der Waals surface area contributed by atoms with Gasteiger partial charge in [-0.05, 0) is 44.0 Å². The molecule has 3 N–H and O–H groups in total. The highest BCUT2D eigenvalue weighted by Gasteiger charge is 2.18. The van der Waals surface area contributed by atoms with Crippen molar-refractivity contribution in [3.63, 3.8) is 0 Å². The molecule has 0 saturated carbocycles. The van der Waals surface area contributed by atoms with Crippen molar-refractivity contribution in [3.8, 4) is 0 Å². The highest BCUT2D eigenvalue weighted by Crippen LogP contribution is 2.22. The van der Waals surface area contributed by atoms with Gasteiger partial charge in [-0.2, -0.15) is 0 Å². The summed E-state index contributed by atoms with van der Waals surface area (Å²) in [5.41, 5.74) is 4.14. The van der Waals surface area contributed by atoms with E-state index >= 15 is 0 Å². The Balaban J connectivity index is 1.97. The third kappa shape index (κ3) is 6.40. The molecule has 0 radical (unpaired) electrons. The van der Waals surface area contributed by atoms with E-state index in [1.165, 1.54) is 6.07 Å². The van der Waals surface area contributed by atoms with E-state index in [-0.39, 0.29) is 35.5 Å². The van der Waals surface area contributed by atoms with Crippen LogP contribution in [0.25, 0.3) is 0 Å². The summed E-state index contributed by atoms with van der Waals surface area (Å²) < 4.78 is 23.7. The number of hydrogen-bond acceptors (Lipinski definition) is 4. The van der Waals surface area contributed by atoms with Crippen molar-refractivity contribution in [2.45, 2.75) is 25.7 Å². The van der Waals surface area contributed by atoms with E-state index in [0.717, 1.165) is 28.6 Å². The van der Waals surface area contributed by atoms with Gasteiger partial charge in [0, 0.05) is 11.9 Å². The van der Waals surface area contributed by atoms with Crippen LogP contribution in [0.1, 0.15) is 16.7 Å². The molecule has 8 heteroatoms. The minimum absolute atomic E-state index is 0.0252. The number of carbonyl (C=O) groups is 2. The van der Waals surface area contributed by atoms with Crippen molar-refractivity contribution in [1.82, 2.24) is 0 Å². The van der Waals surface area contributed by atoms with Crippen molar-refractivity contribution in [1.29, 1.82) is 0 Å². The van der Waals surface area contributed by atoms with E-state index in [1.807, 2.05) is 32.9 Å². The van der Waals surface area contributed by atoms with Gasteiger partial charge in [0.15, 0.2) is 22.9 Å². The first-order chi connectivity index (χ1) is 13.5. The molecule has 0 aliphatic rings. The molecule has 2 rings (SSSR count). The predicted molar refractivity (Wildman–Crippen MR) is 114 cm³/mol. The molecule has 0 heterocycles. The maximum atomic E-state index is 12.4. The van der Waals surface area contributed by atoms with E-state index in [0.29, 0.717) is 4.90 Å². The molecule has 0 aliphatic carbocycles. The summed E-state index contributed by atoms with van der Waals surface area (Å²) in [5, 5.41) is 5.54. The number of anilines is 2. The molecule has 0 aromatic heterocycles. The highest BCUT2D eigenvalue weighted by atomic mass is 32.2. The molecule has 7 nitrogen and oxygen atoms in total. The molecule has 0 aliphatic heterocycles. The summed E-state index contributed by atoms with van der Waals surface area (Å²) in [6.07, 6.45) is 1.09. The van der Waals surface area contributed by atoms with E-state index in [9.17, 15) is 18.0 Å². The van der Waals surface area contributed by atoms with Gasteiger partial charge in [-0.1, -0.05) is 29.8 Å². The average Bonchev–Trinajstić information content (AvgIpc) is 2.57. The fourth-order valence-corrected chi connectivity index (χ4v) is 4.10. The maximum absolute atomic E-state index is 12.4. The quantitative estimate of drug-likeness (QED) is 0.628. The molecule has 156 valence electrons. The molecule has 2 aromatic carbocycles. The topological polar surface area (TPSA) is 96.8 Å². The van der Waals surface area contributed by atoms with Gasteiger partial charge < -0.3 is 15.5 Å². The van der Waals surface area contributed by atoms with Crippen LogP contribution >= 0.6 is 0 Å². The molecule has 2 amide bonds. The van der Waals surface area contributed by atoms with Crippen LogP contribution in [-0.2, 0) is 19.4 Å². The number of quaternary nitrogens is 1. The number of rotatable bonds is 7. The number of carbonyl (C=O) groups excluding carboxylic acids is 2. The van der Waals surface area contributed by atoms with Gasteiger partial charge in [-0.3, -0.25) is 9.59 Å². The van der Waals surface area contributed by atoms with E-state index in [2.05, 4.69) is 10.6 Å². The number of nitrogens with one attached hydrogen (secondary N) is 3. The Morgan fingerprint density at radius 2 is 1.45 bits per heavy atom. The van der Waals surface area contributed by atoms with Gasteiger partial charge in [-0.25, -0.2) is 8.42 Å². The van der Waals surface area contributed by atoms with Crippen molar-refractivity contribution < 1.29 is 22.9 Å². The fourth-order valence-electron chi connectivity index (χ4n) is 3.26. The van der Waals surface area contributed by atoms with Crippen LogP contribution in [0.4, 0.5) is 11.4 Å². The van der Waals surface area contributed by atoms with Gasteiger partial charge >= 0.3 is 0 Å². The second-order valence-electron chi connectivity index (χ2n) is 7.45. The Kier molecular flexibility index (Phi) is 7.16. The lowest BCUT2D eigenvalue weighted by molar-refractivity contribution is -0.862. The molecule has 1 atom stereocenters. The summed E-state index contributed by atoms with van der Waals surface area (Å²) >= 11 is 0. The number of para-hydroxylation sites is 1. The molecule has 0 bridgehead atoms. The molecule has 29 heavy (non-hydrogen) atoms. The number of aryl methyl sites for hydroxylation is 3. The van der Waals surface area contributed by atoms with Crippen molar-refractivity contribution in [2.75, 3.05) is 37.0 Å². The normalized spacial score (nSPS) is 12.3. The summed E-state index contributed by atoms with van der Waals surface area (Å²) in [6, 6.07) is 10.3. The second-order valence-corrected chi connectivity index (χ2v) is 9.43. The number of likely N-dealkylation sites (N-methyl/N-ethyl adjacent to an activating group) is 1. The Hall–Kier alpha value is -2.71. The summed E-state index contributed by atoms with van der Waals surface area (Å²) in [5.74, 6) is -0.559. The van der Waals surface area contributed by atoms with Crippen molar-refractivity contribution >= 4 is 33.0 Å². The minimum atomic E-state index is -3.46. The number of sulfone groups is 1. The zero-order chi connectivity index (χ0) is 21.8. The Labute approximate surface area is 172 Å². The maximum Gasteiger partial charge on any atom is 0.279 e. The predicted octanol–water partition coefficient (Wildman–Crippen LogP) is 1.11. The third-order valence-electron chi connectivity index (χ3n) is 4.43. The number of amides is 2. The van der Waals surface area contributed by atoms with Crippen LogP contribution in [0.5, 0.6) is 0 Å². The second kappa shape index (κ2) is 9.19. The lowest BCUT2D eigenvalue weighted by atomic mass is 10.1. The Bertz CT molecular complexity index is 1010. The average molecular weight is 419 g/mol. The zero-order valence-electron chi connectivity index (χ0n) is 17.4. The largest absolute Gasteiger partial charge is 0.322 e. The van der Waals surface area contributed by atoms with Gasteiger partial charge in [0.1, 0.15) is 0 Å². The van der Waals surface area contributed by atoms with Crippen LogP contribution in [0, 0.1) is 20.8 Å². The molecule has 0 spiro atoms.